The van der Waals surface area contributed by atoms with Gasteiger partial charge >= 0.3 is 0 Å². The number of hydrogen-bond acceptors (Lipinski definition) is 2. The molecule has 0 bridgehead atoms. The average Bonchev–Trinajstić information content (AvgIpc) is 3.13. The Morgan fingerprint density at radius 1 is 1.07 bits per heavy atom. The fourth-order valence-electron chi connectivity index (χ4n) is 5.95. The highest BCUT2D eigenvalue weighted by atomic mass is 16.5. The van der Waals surface area contributed by atoms with Crippen LogP contribution in [0.15, 0.2) is 30.3 Å². The Balaban J connectivity index is 1.19. The molecule has 28 heavy (non-hydrogen) atoms. The van der Waals surface area contributed by atoms with Gasteiger partial charge in [-0.3, -0.25) is 0 Å². The number of aromatic nitrogens is 1. The van der Waals surface area contributed by atoms with Crippen molar-refractivity contribution >= 4 is 11.8 Å². The zero-order chi connectivity index (χ0) is 18.7. The molecule has 2 aliphatic carbocycles. The molecule has 6 rings (SSSR count). The Hall–Kier alpha value is -2.00. The van der Waals surface area contributed by atoms with Crippen molar-refractivity contribution in [3.8, 4) is 0 Å². The van der Waals surface area contributed by atoms with Crippen LogP contribution >= 0.6 is 0 Å². The van der Waals surface area contributed by atoms with Crippen molar-refractivity contribution in [3.05, 3.63) is 58.4 Å². The van der Waals surface area contributed by atoms with E-state index in [1.807, 2.05) is 0 Å². The Labute approximate surface area is 167 Å². The first-order chi connectivity index (χ1) is 13.8. The van der Waals surface area contributed by atoms with Crippen LogP contribution in [0.5, 0.6) is 0 Å². The summed E-state index contributed by atoms with van der Waals surface area (Å²) in [6.07, 6.45) is 11.0. The summed E-state index contributed by atoms with van der Waals surface area (Å²) < 4.78 is 5.53. The molecule has 0 amide bonds. The minimum atomic E-state index is 0.623. The van der Waals surface area contributed by atoms with Crippen molar-refractivity contribution < 1.29 is 4.74 Å². The van der Waals surface area contributed by atoms with Gasteiger partial charge in [0.1, 0.15) is 0 Å². The lowest BCUT2D eigenvalue weighted by atomic mass is 9.86. The molecule has 1 N–H and O–H groups in total. The molecule has 0 saturated carbocycles. The molecule has 3 heteroatoms. The monoisotopic (exact) mass is 374 g/mol. The largest absolute Gasteiger partial charge is 0.381 e. The van der Waals surface area contributed by atoms with E-state index in [1.165, 1.54) is 66.9 Å². The summed E-state index contributed by atoms with van der Waals surface area (Å²) in [5.41, 5.74) is 8.96. The van der Waals surface area contributed by atoms with Crippen LogP contribution in [-0.2, 0) is 11.2 Å². The van der Waals surface area contributed by atoms with Gasteiger partial charge in [0.05, 0.1) is 0 Å². The molecule has 4 aliphatic rings. The average molecular weight is 375 g/mol. The molecule has 3 heterocycles. The molecule has 2 fully saturated rings. The minimum absolute atomic E-state index is 0.623. The molecule has 0 radical (unpaired) electrons. The van der Waals surface area contributed by atoms with Crippen LogP contribution in [-0.4, -0.2) is 30.8 Å². The SMILES string of the molecule is CC1c2[nH]c3c(c21)C=C[C@H]([C@H]1CCCN1c1ccc(C2CCOCC2)cc1)C3. The number of ether oxygens (including phenoxy) is 1. The molecule has 1 aromatic carbocycles. The van der Waals surface area contributed by atoms with Gasteiger partial charge in [0.15, 0.2) is 0 Å². The number of fused-ring (bicyclic) bond motifs is 3. The maximum Gasteiger partial charge on any atom is 0.0471 e. The summed E-state index contributed by atoms with van der Waals surface area (Å²) in [5.74, 6) is 1.98. The third kappa shape index (κ3) is 2.67. The fraction of sp³-hybridized carbons (Fsp3) is 0.520. The van der Waals surface area contributed by atoms with Crippen molar-refractivity contribution in [2.75, 3.05) is 24.7 Å². The molecule has 3 atom stereocenters. The van der Waals surface area contributed by atoms with Crippen LogP contribution in [0, 0.1) is 5.92 Å². The van der Waals surface area contributed by atoms with Crippen LogP contribution in [0.4, 0.5) is 5.69 Å². The predicted molar refractivity (Wildman–Crippen MR) is 114 cm³/mol. The Morgan fingerprint density at radius 3 is 2.71 bits per heavy atom. The second-order valence-electron chi connectivity index (χ2n) is 9.17. The van der Waals surface area contributed by atoms with Gasteiger partial charge in [-0.1, -0.05) is 31.2 Å². The minimum Gasteiger partial charge on any atom is -0.381 e. The van der Waals surface area contributed by atoms with E-state index in [0.29, 0.717) is 23.8 Å². The van der Waals surface area contributed by atoms with Crippen molar-refractivity contribution in [2.45, 2.75) is 56.9 Å². The quantitative estimate of drug-likeness (QED) is 0.797. The molecule has 2 aliphatic heterocycles. The van der Waals surface area contributed by atoms with E-state index >= 15 is 0 Å². The first-order valence-corrected chi connectivity index (χ1v) is 11.2. The number of aromatic amines is 1. The first-order valence-electron chi connectivity index (χ1n) is 11.2. The van der Waals surface area contributed by atoms with E-state index in [4.69, 9.17) is 4.74 Å². The van der Waals surface area contributed by atoms with Crippen LogP contribution in [0.1, 0.15) is 72.5 Å². The van der Waals surface area contributed by atoms with Gasteiger partial charge in [-0.2, -0.15) is 0 Å². The lowest BCUT2D eigenvalue weighted by Crippen LogP contribution is -2.36. The van der Waals surface area contributed by atoms with Gasteiger partial charge in [-0.05, 0) is 66.8 Å². The third-order valence-corrected chi connectivity index (χ3v) is 7.63. The second kappa shape index (κ2) is 6.52. The number of hydrogen-bond donors (Lipinski definition) is 1. The molecule has 1 unspecified atom stereocenters. The highest BCUT2D eigenvalue weighted by Gasteiger charge is 2.39. The van der Waals surface area contributed by atoms with Crippen LogP contribution in [0.25, 0.3) is 6.08 Å². The number of H-pyrrole nitrogens is 1. The summed E-state index contributed by atoms with van der Waals surface area (Å²) in [4.78, 5) is 6.38. The summed E-state index contributed by atoms with van der Waals surface area (Å²) in [7, 11) is 0. The molecular formula is C25H30N2O. The Bertz CT molecular complexity index is 903. The maximum atomic E-state index is 5.53. The van der Waals surface area contributed by atoms with E-state index < -0.39 is 0 Å². The van der Waals surface area contributed by atoms with Crippen LogP contribution in [0.3, 0.4) is 0 Å². The van der Waals surface area contributed by atoms with Crippen molar-refractivity contribution in [1.29, 1.82) is 0 Å². The number of benzene rings is 1. The zero-order valence-corrected chi connectivity index (χ0v) is 16.8. The van der Waals surface area contributed by atoms with Crippen molar-refractivity contribution in [1.82, 2.24) is 4.98 Å². The van der Waals surface area contributed by atoms with E-state index in [2.05, 4.69) is 53.2 Å². The van der Waals surface area contributed by atoms with Crippen LogP contribution < -0.4 is 4.90 Å². The molecule has 146 valence electrons. The van der Waals surface area contributed by atoms with Gasteiger partial charge < -0.3 is 14.6 Å². The molecule has 0 spiro atoms. The van der Waals surface area contributed by atoms with E-state index in [-0.39, 0.29) is 0 Å². The predicted octanol–water partition coefficient (Wildman–Crippen LogP) is 5.23. The lowest BCUT2D eigenvalue weighted by Gasteiger charge is -2.33. The first kappa shape index (κ1) is 16.9. The third-order valence-electron chi connectivity index (χ3n) is 7.63. The van der Waals surface area contributed by atoms with E-state index in [0.717, 1.165) is 13.2 Å². The van der Waals surface area contributed by atoms with Crippen molar-refractivity contribution in [3.63, 3.8) is 0 Å². The number of rotatable bonds is 3. The Morgan fingerprint density at radius 2 is 1.89 bits per heavy atom. The summed E-state index contributed by atoms with van der Waals surface area (Å²) in [5, 5.41) is 0. The molecular weight excluding hydrogens is 344 g/mol. The molecule has 2 aromatic rings. The van der Waals surface area contributed by atoms with Crippen LogP contribution in [0.2, 0.25) is 0 Å². The van der Waals surface area contributed by atoms with Crippen molar-refractivity contribution in [2.24, 2.45) is 5.92 Å². The summed E-state index contributed by atoms with van der Waals surface area (Å²) >= 11 is 0. The zero-order valence-electron chi connectivity index (χ0n) is 16.8. The summed E-state index contributed by atoms with van der Waals surface area (Å²) in [6.45, 7) is 5.33. The highest BCUT2D eigenvalue weighted by molar-refractivity contribution is 5.70. The molecule has 2 saturated heterocycles. The van der Waals surface area contributed by atoms with E-state index in [9.17, 15) is 0 Å². The summed E-state index contributed by atoms with van der Waals surface area (Å²) in [6, 6.07) is 10.1. The standard InChI is InChI=1S/C25H30N2O/c1-16-24-21-9-6-19(15-22(21)26-25(16)24)23-3-2-12-27(23)20-7-4-17(5-8-20)18-10-13-28-14-11-18/h4-9,16,18-19,23,26H,2-3,10-15H2,1H3/t16?,19-,23+/m0/s1. The normalized spacial score (nSPS) is 29.0. The topological polar surface area (TPSA) is 28.3 Å². The van der Waals surface area contributed by atoms with Gasteiger partial charge in [-0.15, -0.1) is 0 Å². The van der Waals surface area contributed by atoms with E-state index in [1.54, 1.807) is 5.56 Å². The maximum absolute atomic E-state index is 5.53. The van der Waals surface area contributed by atoms with Gasteiger partial charge in [0.25, 0.3) is 0 Å². The number of anilines is 1. The highest BCUT2D eigenvalue weighted by Crippen LogP contribution is 2.49. The molecule has 3 nitrogen and oxygen atoms in total. The second-order valence-corrected chi connectivity index (χ2v) is 9.17. The van der Waals surface area contributed by atoms with Gasteiger partial charge in [-0.25, -0.2) is 0 Å². The fourth-order valence-corrected chi connectivity index (χ4v) is 5.95. The van der Waals surface area contributed by atoms with Gasteiger partial charge in [0, 0.05) is 54.7 Å². The molecule has 1 aromatic heterocycles. The number of nitrogens with one attached hydrogen (secondary N) is 1. The Kier molecular flexibility index (Phi) is 3.94. The smallest absolute Gasteiger partial charge is 0.0471 e. The lowest BCUT2D eigenvalue weighted by molar-refractivity contribution is 0.0853. The van der Waals surface area contributed by atoms with Gasteiger partial charge in [0.2, 0.25) is 0 Å². The number of nitrogens with zero attached hydrogens (tertiary/aromatic N) is 1.